The predicted octanol–water partition coefficient (Wildman–Crippen LogP) is 0.800. The number of rotatable bonds is 3. The van der Waals surface area contributed by atoms with Crippen LogP contribution in [-0.4, -0.2) is 20.9 Å². The summed E-state index contributed by atoms with van der Waals surface area (Å²) in [6.07, 6.45) is 3.84. The van der Waals surface area contributed by atoms with Crippen LogP contribution >= 0.6 is 0 Å². The van der Waals surface area contributed by atoms with Gasteiger partial charge in [0.05, 0.1) is 6.20 Å². The summed E-state index contributed by atoms with van der Waals surface area (Å²) in [5.41, 5.74) is 0.878. The molecule has 16 heavy (non-hydrogen) atoms. The van der Waals surface area contributed by atoms with Gasteiger partial charge in [-0.3, -0.25) is 4.79 Å². The molecule has 2 aromatic rings. The maximum Gasteiger partial charge on any atom is 0.219 e. The van der Waals surface area contributed by atoms with Gasteiger partial charge in [-0.1, -0.05) is 35.5 Å². The second kappa shape index (κ2) is 4.57. The van der Waals surface area contributed by atoms with Crippen LogP contribution in [-0.2, 0) is 4.79 Å². The van der Waals surface area contributed by atoms with E-state index < -0.39 is 0 Å². The summed E-state index contributed by atoms with van der Waals surface area (Å²) in [6.45, 7) is 1.46. The molecule has 0 saturated carbocycles. The molecule has 0 aliphatic carbocycles. The van der Waals surface area contributed by atoms with Gasteiger partial charge in [0.25, 0.3) is 0 Å². The third-order valence-electron chi connectivity index (χ3n) is 1.99. The number of benzene rings is 1. The Morgan fingerprint density at radius 2 is 2.06 bits per heavy atom. The van der Waals surface area contributed by atoms with Gasteiger partial charge in [0.2, 0.25) is 12.1 Å². The van der Waals surface area contributed by atoms with Crippen molar-refractivity contribution in [3.05, 3.63) is 54.5 Å². The summed E-state index contributed by atoms with van der Waals surface area (Å²) in [4.78, 5) is 11.1. The fraction of sp³-hybridized carbons (Fsp3) is 0.0909. The molecule has 0 unspecified atom stereocenters. The molecule has 1 aromatic heterocycles. The minimum Gasteiger partial charge on any atom is -0.324 e. The highest BCUT2D eigenvalue weighted by Gasteiger charge is 2.16. The molecular weight excluding hydrogens is 204 g/mol. The summed E-state index contributed by atoms with van der Waals surface area (Å²) in [5.74, 6) is -0.144. The van der Waals surface area contributed by atoms with E-state index in [0.717, 1.165) is 5.56 Å². The van der Waals surface area contributed by atoms with Crippen LogP contribution in [0.1, 0.15) is 12.5 Å². The highest BCUT2D eigenvalue weighted by Crippen LogP contribution is 2.12. The molecule has 0 aliphatic heterocycles. The van der Waals surface area contributed by atoms with Gasteiger partial charge in [-0.25, -0.2) is 4.68 Å². The number of amides is 1. The topological polar surface area (TPSA) is 59.8 Å². The summed E-state index contributed by atoms with van der Waals surface area (Å²) in [6, 6.07) is 9.50. The largest absolute Gasteiger partial charge is 0.324 e. The molecule has 0 aliphatic rings. The van der Waals surface area contributed by atoms with Crippen LogP contribution in [0.4, 0.5) is 0 Å². The van der Waals surface area contributed by atoms with E-state index in [0.29, 0.717) is 6.17 Å². The molecule has 0 spiro atoms. The zero-order valence-electron chi connectivity index (χ0n) is 8.79. The predicted molar refractivity (Wildman–Crippen MR) is 58.0 cm³/mol. The van der Waals surface area contributed by atoms with Crippen molar-refractivity contribution in [1.29, 1.82) is 0 Å². The Balaban J connectivity index is 2.32. The molecule has 2 rings (SSSR count). The molecule has 1 radical (unpaired) electrons. The molecule has 0 bridgehead atoms. The van der Waals surface area contributed by atoms with Crippen LogP contribution < -0.4 is 5.32 Å². The number of hydrogen-bond acceptors (Lipinski definition) is 3. The van der Waals surface area contributed by atoms with Gasteiger partial charge in [-0.05, 0) is 0 Å². The van der Waals surface area contributed by atoms with Gasteiger partial charge in [-0.15, -0.1) is 5.10 Å². The zero-order valence-corrected chi connectivity index (χ0v) is 8.79. The van der Waals surface area contributed by atoms with E-state index in [1.807, 2.05) is 30.3 Å². The second-order valence-corrected chi connectivity index (χ2v) is 3.24. The molecule has 0 saturated heterocycles. The number of carbonyl (C=O) groups excluding carboxylic acids is 1. The lowest BCUT2D eigenvalue weighted by Crippen LogP contribution is -2.32. The summed E-state index contributed by atoms with van der Waals surface area (Å²) in [7, 11) is 0. The highest BCUT2D eigenvalue weighted by atomic mass is 16.1. The minimum absolute atomic E-state index is 0.144. The van der Waals surface area contributed by atoms with E-state index in [1.165, 1.54) is 11.6 Å². The zero-order chi connectivity index (χ0) is 11.4. The fourth-order valence-corrected chi connectivity index (χ4v) is 1.35. The maximum absolute atomic E-state index is 11.1. The molecule has 1 heterocycles. The Morgan fingerprint density at radius 3 is 2.62 bits per heavy atom. The summed E-state index contributed by atoms with van der Waals surface area (Å²) in [5, 5.41) is 10.3. The van der Waals surface area contributed by atoms with Crippen LogP contribution in [0.2, 0.25) is 0 Å². The monoisotopic (exact) mass is 215 g/mol. The van der Waals surface area contributed by atoms with Crippen molar-refractivity contribution in [3.63, 3.8) is 0 Å². The molecular formula is C11H11N4O. The Bertz CT molecular complexity index is 452. The quantitative estimate of drug-likeness (QED) is 0.823. The number of aromatic nitrogens is 3. The van der Waals surface area contributed by atoms with Crippen LogP contribution in [0, 0.1) is 6.17 Å². The molecule has 1 N–H and O–H groups in total. The van der Waals surface area contributed by atoms with Crippen LogP contribution in [0.3, 0.4) is 0 Å². The number of carbonyl (C=O) groups is 1. The SMILES string of the molecule is CC(=O)N[C](c1ccccc1)n1ccnn1. The maximum atomic E-state index is 11.1. The van der Waals surface area contributed by atoms with Gasteiger partial charge in [0, 0.05) is 18.7 Å². The van der Waals surface area contributed by atoms with Gasteiger partial charge in [0.15, 0.2) is 0 Å². The normalized spacial score (nSPS) is 10.4. The molecule has 1 aromatic carbocycles. The third kappa shape index (κ3) is 2.25. The molecule has 1 amide bonds. The van der Waals surface area contributed by atoms with Crippen molar-refractivity contribution < 1.29 is 4.79 Å². The molecule has 81 valence electrons. The Kier molecular flexibility index (Phi) is 2.95. The van der Waals surface area contributed by atoms with E-state index in [9.17, 15) is 4.79 Å². The lowest BCUT2D eigenvalue weighted by Gasteiger charge is -2.15. The Hall–Kier alpha value is -2.17. The van der Waals surface area contributed by atoms with Crippen molar-refractivity contribution in [1.82, 2.24) is 20.3 Å². The van der Waals surface area contributed by atoms with Crippen molar-refractivity contribution in [2.75, 3.05) is 0 Å². The van der Waals surface area contributed by atoms with Crippen LogP contribution in [0.5, 0.6) is 0 Å². The smallest absolute Gasteiger partial charge is 0.219 e. The van der Waals surface area contributed by atoms with Crippen molar-refractivity contribution in [2.24, 2.45) is 0 Å². The van der Waals surface area contributed by atoms with E-state index in [1.54, 1.807) is 12.4 Å². The van der Waals surface area contributed by atoms with Gasteiger partial charge in [0.1, 0.15) is 0 Å². The average molecular weight is 215 g/mol. The number of hydrogen-bond donors (Lipinski definition) is 1. The number of nitrogens with zero attached hydrogens (tertiary/aromatic N) is 3. The third-order valence-corrected chi connectivity index (χ3v) is 1.99. The first-order valence-corrected chi connectivity index (χ1v) is 4.84. The Labute approximate surface area is 93.1 Å². The van der Waals surface area contributed by atoms with Gasteiger partial charge in [-0.2, -0.15) is 0 Å². The van der Waals surface area contributed by atoms with E-state index >= 15 is 0 Å². The number of nitrogens with one attached hydrogen (secondary N) is 1. The Morgan fingerprint density at radius 1 is 1.31 bits per heavy atom. The lowest BCUT2D eigenvalue weighted by atomic mass is 10.2. The van der Waals surface area contributed by atoms with Crippen LogP contribution in [0.25, 0.3) is 0 Å². The van der Waals surface area contributed by atoms with E-state index in [-0.39, 0.29) is 5.91 Å². The average Bonchev–Trinajstić information content (AvgIpc) is 2.80. The van der Waals surface area contributed by atoms with Crippen molar-refractivity contribution in [2.45, 2.75) is 6.92 Å². The van der Waals surface area contributed by atoms with Gasteiger partial charge >= 0.3 is 0 Å². The van der Waals surface area contributed by atoms with Crippen molar-refractivity contribution in [3.8, 4) is 0 Å². The fourth-order valence-electron chi connectivity index (χ4n) is 1.35. The lowest BCUT2D eigenvalue weighted by molar-refractivity contribution is -0.118. The summed E-state index contributed by atoms with van der Waals surface area (Å²) >= 11 is 0. The standard InChI is InChI=1S/C11H11N4O/c1-9(16)13-11(15-8-7-12-14-15)10-5-3-2-4-6-10/h2-8H,1H3,(H,13,16). The first kappa shape index (κ1) is 10.4. The summed E-state index contributed by atoms with van der Waals surface area (Å²) < 4.78 is 1.52. The highest BCUT2D eigenvalue weighted by molar-refractivity contribution is 5.75. The van der Waals surface area contributed by atoms with E-state index in [4.69, 9.17) is 0 Å². The second-order valence-electron chi connectivity index (χ2n) is 3.24. The molecule has 0 atom stereocenters. The van der Waals surface area contributed by atoms with Crippen LogP contribution in [0.15, 0.2) is 42.7 Å². The first-order valence-electron chi connectivity index (χ1n) is 4.84. The van der Waals surface area contributed by atoms with E-state index in [2.05, 4.69) is 15.6 Å². The molecule has 5 heteroatoms. The van der Waals surface area contributed by atoms with Gasteiger partial charge < -0.3 is 5.32 Å². The van der Waals surface area contributed by atoms with Crippen molar-refractivity contribution >= 4 is 5.91 Å². The molecule has 5 nitrogen and oxygen atoms in total. The molecule has 0 fully saturated rings. The first-order chi connectivity index (χ1) is 7.77. The minimum atomic E-state index is -0.144.